The first-order valence-electron chi connectivity index (χ1n) is 10.5. The van der Waals surface area contributed by atoms with E-state index in [-0.39, 0.29) is 23.2 Å². The molecule has 1 unspecified atom stereocenters. The molecule has 3 atom stereocenters. The monoisotopic (exact) mass is 463 g/mol. The molecular formula is C26H25NO3S2. The molecule has 1 fully saturated rings. The highest BCUT2D eigenvalue weighted by molar-refractivity contribution is 7.98. The van der Waals surface area contributed by atoms with Crippen molar-refractivity contribution in [3.05, 3.63) is 82.6 Å². The summed E-state index contributed by atoms with van der Waals surface area (Å²) in [6.07, 6.45) is -0.961. The van der Waals surface area contributed by atoms with Crippen LogP contribution in [0.3, 0.4) is 0 Å². The molecule has 1 aliphatic carbocycles. The SMILES string of the molecule is CC1(C)[C@H](C(=O)OC(C#N)c2cccc(Oc3ccccc3)c2)[C@@H]1CSCc1cccs1. The van der Waals surface area contributed by atoms with Crippen LogP contribution in [0.2, 0.25) is 0 Å². The summed E-state index contributed by atoms with van der Waals surface area (Å²) in [5.74, 6) is 2.95. The molecule has 1 aliphatic rings. The van der Waals surface area contributed by atoms with E-state index < -0.39 is 6.10 Å². The van der Waals surface area contributed by atoms with Crippen molar-refractivity contribution < 1.29 is 14.3 Å². The lowest BCUT2D eigenvalue weighted by Crippen LogP contribution is -2.14. The Morgan fingerprint density at radius 3 is 2.62 bits per heavy atom. The van der Waals surface area contributed by atoms with Crippen LogP contribution >= 0.6 is 23.1 Å². The van der Waals surface area contributed by atoms with Crippen LogP contribution in [0.1, 0.15) is 30.4 Å². The number of carbonyl (C=O) groups is 1. The number of thioether (sulfide) groups is 1. The number of rotatable bonds is 9. The van der Waals surface area contributed by atoms with Gasteiger partial charge in [-0.3, -0.25) is 4.79 Å². The van der Waals surface area contributed by atoms with Crippen LogP contribution in [-0.4, -0.2) is 11.7 Å². The van der Waals surface area contributed by atoms with Crippen molar-refractivity contribution in [2.24, 2.45) is 17.3 Å². The van der Waals surface area contributed by atoms with Crippen molar-refractivity contribution in [1.29, 1.82) is 5.26 Å². The summed E-state index contributed by atoms with van der Waals surface area (Å²) in [6.45, 7) is 4.20. The fourth-order valence-corrected chi connectivity index (χ4v) is 6.23. The van der Waals surface area contributed by atoms with Gasteiger partial charge in [0, 0.05) is 16.2 Å². The molecule has 4 rings (SSSR count). The fourth-order valence-electron chi connectivity index (χ4n) is 3.93. The molecule has 32 heavy (non-hydrogen) atoms. The van der Waals surface area contributed by atoms with E-state index in [4.69, 9.17) is 9.47 Å². The number of carbonyl (C=O) groups excluding carboxylic acids is 1. The summed E-state index contributed by atoms with van der Waals surface area (Å²) >= 11 is 3.60. The van der Waals surface area contributed by atoms with Crippen LogP contribution in [0.15, 0.2) is 72.1 Å². The molecular weight excluding hydrogens is 438 g/mol. The highest BCUT2D eigenvalue weighted by Crippen LogP contribution is 2.60. The summed E-state index contributed by atoms with van der Waals surface area (Å²) < 4.78 is 11.5. The van der Waals surface area contributed by atoms with Gasteiger partial charge in [0.2, 0.25) is 6.10 Å². The van der Waals surface area contributed by atoms with E-state index in [0.29, 0.717) is 17.1 Å². The van der Waals surface area contributed by atoms with Gasteiger partial charge < -0.3 is 9.47 Å². The van der Waals surface area contributed by atoms with Crippen LogP contribution in [0.4, 0.5) is 0 Å². The smallest absolute Gasteiger partial charge is 0.311 e. The van der Waals surface area contributed by atoms with Crippen molar-refractivity contribution in [2.75, 3.05) is 5.75 Å². The summed E-state index contributed by atoms with van der Waals surface area (Å²) in [6, 6.07) is 22.9. The molecule has 1 aromatic heterocycles. The van der Waals surface area contributed by atoms with E-state index in [2.05, 4.69) is 37.4 Å². The van der Waals surface area contributed by atoms with Gasteiger partial charge in [0.1, 0.15) is 17.6 Å². The first-order chi connectivity index (χ1) is 15.5. The van der Waals surface area contributed by atoms with Gasteiger partial charge in [0.15, 0.2) is 0 Å². The Balaban J connectivity index is 1.36. The second-order valence-electron chi connectivity index (χ2n) is 8.43. The summed E-state index contributed by atoms with van der Waals surface area (Å²) in [7, 11) is 0. The van der Waals surface area contributed by atoms with Crippen LogP contribution in [0, 0.1) is 28.6 Å². The predicted molar refractivity (Wildman–Crippen MR) is 129 cm³/mol. The number of esters is 1. The lowest BCUT2D eigenvalue weighted by molar-refractivity contribution is -0.149. The number of nitrogens with zero attached hydrogens (tertiary/aromatic N) is 1. The molecule has 2 aromatic carbocycles. The molecule has 0 bridgehead atoms. The third kappa shape index (κ3) is 5.17. The molecule has 0 N–H and O–H groups in total. The Hall–Kier alpha value is -2.75. The normalized spacial score (nSPS) is 19.5. The number of para-hydroxylation sites is 1. The zero-order chi connectivity index (χ0) is 22.6. The Morgan fingerprint density at radius 1 is 1.12 bits per heavy atom. The van der Waals surface area contributed by atoms with E-state index in [1.165, 1.54) is 4.88 Å². The minimum atomic E-state index is -0.961. The summed E-state index contributed by atoms with van der Waals surface area (Å²) in [5, 5.41) is 11.8. The quantitative estimate of drug-likeness (QED) is 0.325. The van der Waals surface area contributed by atoms with Crippen LogP contribution in [0.5, 0.6) is 11.5 Å². The Labute approximate surface area is 197 Å². The van der Waals surface area contributed by atoms with Gasteiger partial charge in [0.05, 0.1) is 5.92 Å². The van der Waals surface area contributed by atoms with Gasteiger partial charge in [-0.1, -0.05) is 50.2 Å². The number of nitriles is 1. The fraction of sp³-hybridized carbons (Fsp3) is 0.308. The minimum absolute atomic E-state index is 0.113. The largest absolute Gasteiger partial charge is 0.457 e. The Morgan fingerprint density at radius 2 is 1.91 bits per heavy atom. The number of hydrogen-bond acceptors (Lipinski definition) is 6. The van der Waals surface area contributed by atoms with Gasteiger partial charge in [-0.05, 0) is 52.8 Å². The van der Waals surface area contributed by atoms with Crippen molar-refractivity contribution in [2.45, 2.75) is 25.7 Å². The third-order valence-electron chi connectivity index (χ3n) is 5.92. The summed E-state index contributed by atoms with van der Waals surface area (Å²) in [4.78, 5) is 14.3. The third-order valence-corrected chi connectivity index (χ3v) is 8.09. The number of thiophene rings is 1. The van der Waals surface area contributed by atoms with Gasteiger partial charge in [-0.25, -0.2) is 0 Å². The lowest BCUT2D eigenvalue weighted by Gasteiger charge is -2.13. The number of ether oxygens (including phenoxy) is 2. The molecule has 1 saturated carbocycles. The topological polar surface area (TPSA) is 59.3 Å². The minimum Gasteiger partial charge on any atom is -0.457 e. The van der Waals surface area contributed by atoms with Crippen molar-refractivity contribution in [3.63, 3.8) is 0 Å². The molecule has 0 aliphatic heterocycles. The van der Waals surface area contributed by atoms with Crippen molar-refractivity contribution in [1.82, 2.24) is 0 Å². The van der Waals surface area contributed by atoms with E-state index in [9.17, 15) is 10.1 Å². The molecule has 164 valence electrons. The second-order valence-corrected chi connectivity index (χ2v) is 10.5. The second kappa shape index (κ2) is 9.81. The average Bonchev–Trinajstić information content (AvgIpc) is 3.11. The van der Waals surface area contributed by atoms with E-state index in [0.717, 1.165) is 11.5 Å². The van der Waals surface area contributed by atoms with E-state index >= 15 is 0 Å². The first kappa shape index (κ1) is 22.4. The average molecular weight is 464 g/mol. The van der Waals surface area contributed by atoms with Crippen LogP contribution in [0.25, 0.3) is 0 Å². The molecule has 4 nitrogen and oxygen atoms in total. The number of benzene rings is 2. The number of hydrogen-bond donors (Lipinski definition) is 0. The van der Waals surface area contributed by atoms with Gasteiger partial charge in [-0.15, -0.1) is 11.3 Å². The maximum atomic E-state index is 12.9. The summed E-state index contributed by atoms with van der Waals surface area (Å²) in [5.41, 5.74) is 0.494. The van der Waals surface area contributed by atoms with Crippen molar-refractivity contribution in [3.8, 4) is 17.6 Å². The Bertz CT molecular complexity index is 1090. The highest BCUT2D eigenvalue weighted by atomic mass is 32.2. The molecule has 0 radical (unpaired) electrons. The van der Waals surface area contributed by atoms with E-state index in [1.807, 2.05) is 48.2 Å². The zero-order valence-electron chi connectivity index (χ0n) is 18.1. The van der Waals surface area contributed by atoms with Gasteiger partial charge in [0.25, 0.3) is 0 Å². The highest BCUT2D eigenvalue weighted by Gasteiger charge is 2.62. The molecule has 3 aromatic rings. The molecule has 0 amide bonds. The molecule has 1 heterocycles. The van der Waals surface area contributed by atoms with Gasteiger partial charge >= 0.3 is 5.97 Å². The lowest BCUT2D eigenvalue weighted by atomic mass is 10.1. The maximum absolute atomic E-state index is 12.9. The van der Waals surface area contributed by atoms with Gasteiger partial charge in [-0.2, -0.15) is 17.0 Å². The Kier molecular flexibility index (Phi) is 6.88. The van der Waals surface area contributed by atoms with Crippen molar-refractivity contribution >= 4 is 29.1 Å². The van der Waals surface area contributed by atoms with Crippen LogP contribution in [-0.2, 0) is 15.3 Å². The van der Waals surface area contributed by atoms with Crippen LogP contribution < -0.4 is 4.74 Å². The first-order valence-corrected chi connectivity index (χ1v) is 12.6. The molecule has 6 heteroatoms. The maximum Gasteiger partial charge on any atom is 0.311 e. The molecule has 0 saturated heterocycles. The predicted octanol–water partition coefficient (Wildman–Crippen LogP) is 6.85. The zero-order valence-corrected chi connectivity index (χ0v) is 19.7. The van der Waals surface area contributed by atoms with E-state index in [1.54, 1.807) is 29.5 Å². The molecule has 0 spiro atoms. The standard InChI is InChI=1S/C26H25NO3S2/c1-26(2)22(17-31-16-21-12-7-13-32-21)24(26)25(28)30-23(15-27)18-8-6-11-20(14-18)29-19-9-4-3-5-10-19/h3-14,22-24H,16-17H2,1-2H3/t22-,23?,24-/m0/s1.